The van der Waals surface area contributed by atoms with Crippen molar-refractivity contribution in [1.82, 2.24) is 5.32 Å². The Morgan fingerprint density at radius 2 is 2.20 bits per heavy atom. The van der Waals surface area contributed by atoms with Gasteiger partial charge in [0.05, 0.1) is 11.6 Å². The molecule has 1 atom stereocenters. The van der Waals surface area contributed by atoms with Crippen LogP contribution in [0.5, 0.6) is 0 Å². The first-order chi connectivity index (χ1) is 9.54. The zero-order chi connectivity index (χ0) is 15.0. The fourth-order valence-electron chi connectivity index (χ4n) is 1.70. The molecule has 1 amide bonds. The van der Waals surface area contributed by atoms with E-state index in [1.165, 1.54) is 6.07 Å². The highest BCUT2D eigenvalue weighted by Crippen LogP contribution is 2.05. The molecule has 0 fully saturated rings. The van der Waals surface area contributed by atoms with Gasteiger partial charge in [-0.1, -0.05) is 12.1 Å². The third-order valence-electron chi connectivity index (χ3n) is 2.86. The smallest absolute Gasteiger partial charge is 0.335 e. The Balaban J connectivity index is 2.38. The topological polar surface area (TPSA) is 102 Å². The first kappa shape index (κ1) is 16.1. The number of amides is 1. The van der Waals surface area contributed by atoms with Crippen LogP contribution in [0.2, 0.25) is 0 Å². The van der Waals surface area contributed by atoms with Crippen LogP contribution in [0.1, 0.15) is 22.3 Å². The molecule has 0 saturated carbocycles. The lowest BCUT2D eigenvalue weighted by atomic mass is 10.1. The summed E-state index contributed by atoms with van der Waals surface area (Å²) in [6.45, 7) is 0.859. The Hall–Kier alpha value is -1.92. The molecule has 0 aliphatic rings. The lowest BCUT2D eigenvalue weighted by Gasteiger charge is -2.11. The van der Waals surface area contributed by atoms with Crippen LogP contribution in [0.25, 0.3) is 0 Å². The zero-order valence-electron chi connectivity index (χ0n) is 11.5. The Morgan fingerprint density at radius 1 is 1.45 bits per heavy atom. The summed E-state index contributed by atoms with van der Waals surface area (Å²) in [5.41, 5.74) is 6.78. The minimum atomic E-state index is -0.961. The minimum Gasteiger partial charge on any atom is -0.478 e. The molecule has 0 saturated heterocycles. The van der Waals surface area contributed by atoms with E-state index in [1.807, 2.05) is 6.07 Å². The molecule has 4 N–H and O–H groups in total. The van der Waals surface area contributed by atoms with Gasteiger partial charge in [0, 0.05) is 20.3 Å². The average Bonchev–Trinajstić information content (AvgIpc) is 2.44. The first-order valence-corrected chi connectivity index (χ1v) is 6.39. The molecule has 20 heavy (non-hydrogen) atoms. The van der Waals surface area contributed by atoms with Gasteiger partial charge in [-0.15, -0.1) is 0 Å². The van der Waals surface area contributed by atoms with Crippen LogP contribution in [0, 0.1) is 0 Å². The Kier molecular flexibility index (Phi) is 6.69. The van der Waals surface area contributed by atoms with Crippen LogP contribution in [-0.4, -0.2) is 43.3 Å². The van der Waals surface area contributed by atoms with Gasteiger partial charge in [-0.05, 0) is 30.5 Å². The summed E-state index contributed by atoms with van der Waals surface area (Å²) in [7, 11) is 1.56. The van der Waals surface area contributed by atoms with Crippen molar-refractivity contribution < 1.29 is 19.4 Å². The SMILES string of the molecule is COCCC(N)C(=O)NCCc1cccc(C(=O)O)c1. The lowest BCUT2D eigenvalue weighted by Crippen LogP contribution is -2.41. The number of carbonyl (C=O) groups excluding carboxylic acids is 1. The normalized spacial score (nSPS) is 11.9. The van der Waals surface area contributed by atoms with Crippen molar-refractivity contribution >= 4 is 11.9 Å². The number of nitrogens with one attached hydrogen (secondary N) is 1. The summed E-state index contributed by atoms with van der Waals surface area (Å²) in [6, 6.07) is 6.05. The number of hydrogen-bond donors (Lipinski definition) is 3. The van der Waals surface area contributed by atoms with Gasteiger partial charge in [0.15, 0.2) is 0 Å². The number of aromatic carboxylic acids is 1. The highest BCUT2D eigenvalue weighted by atomic mass is 16.5. The molecule has 0 aromatic heterocycles. The summed E-state index contributed by atoms with van der Waals surface area (Å²) in [6.07, 6.45) is 1.03. The Labute approximate surface area is 117 Å². The third kappa shape index (κ3) is 5.38. The fraction of sp³-hybridized carbons (Fsp3) is 0.429. The molecule has 0 bridgehead atoms. The van der Waals surface area contributed by atoms with Gasteiger partial charge in [0.1, 0.15) is 0 Å². The largest absolute Gasteiger partial charge is 0.478 e. The standard InChI is InChI=1S/C14H20N2O4/c1-20-8-6-12(15)13(17)16-7-5-10-3-2-4-11(9-10)14(18)19/h2-4,9,12H,5-8,15H2,1H3,(H,16,17)(H,18,19). The Morgan fingerprint density at radius 3 is 2.85 bits per heavy atom. The van der Waals surface area contributed by atoms with Crippen molar-refractivity contribution in [2.45, 2.75) is 18.9 Å². The van der Waals surface area contributed by atoms with Gasteiger partial charge in [-0.2, -0.15) is 0 Å². The van der Waals surface area contributed by atoms with Crippen LogP contribution >= 0.6 is 0 Å². The summed E-state index contributed by atoms with van der Waals surface area (Å²) < 4.78 is 4.86. The maximum atomic E-state index is 11.6. The van der Waals surface area contributed by atoms with Gasteiger partial charge >= 0.3 is 5.97 Å². The van der Waals surface area contributed by atoms with E-state index in [9.17, 15) is 9.59 Å². The van der Waals surface area contributed by atoms with Gasteiger partial charge in [0.2, 0.25) is 5.91 Å². The molecule has 6 heteroatoms. The molecule has 110 valence electrons. The molecule has 1 rings (SSSR count). The van der Waals surface area contributed by atoms with Crippen molar-refractivity contribution in [2.75, 3.05) is 20.3 Å². The maximum Gasteiger partial charge on any atom is 0.335 e. The highest BCUT2D eigenvalue weighted by molar-refractivity contribution is 5.87. The number of benzene rings is 1. The molecule has 6 nitrogen and oxygen atoms in total. The van der Waals surface area contributed by atoms with Crippen LogP contribution in [-0.2, 0) is 16.0 Å². The monoisotopic (exact) mass is 280 g/mol. The van der Waals surface area contributed by atoms with Gasteiger partial charge in [-0.25, -0.2) is 4.79 Å². The van der Waals surface area contributed by atoms with Crippen LogP contribution in [0.4, 0.5) is 0 Å². The Bertz CT molecular complexity index is 462. The summed E-state index contributed by atoms with van der Waals surface area (Å²) >= 11 is 0. The molecule has 1 unspecified atom stereocenters. The highest BCUT2D eigenvalue weighted by Gasteiger charge is 2.12. The number of carbonyl (C=O) groups is 2. The van der Waals surface area contributed by atoms with Crippen molar-refractivity contribution in [1.29, 1.82) is 0 Å². The van der Waals surface area contributed by atoms with Crippen molar-refractivity contribution in [3.63, 3.8) is 0 Å². The number of hydrogen-bond acceptors (Lipinski definition) is 4. The molecular weight excluding hydrogens is 260 g/mol. The van der Waals surface area contributed by atoms with E-state index in [2.05, 4.69) is 5.32 Å². The molecule has 0 aliphatic carbocycles. The van der Waals surface area contributed by atoms with E-state index in [1.54, 1.807) is 19.2 Å². The second-order valence-corrected chi connectivity index (χ2v) is 4.43. The van der Waals surface area contributed by atoms with E-state index in [4.69, 9.17) is 15.6 Å². The van der Waals surface area contributed by atoms with Crippen LogP contribution in [0.15, 0.2) is 24.3 Å². The molecule has 0 aliphatic heterocycles. The summed E-state index contributed by atoms with van der Waals surface area (Å²) in [5.74, 6) is -1.19. The van der Waals surface area contributed by atoms with E-state index in [0.717, 1.165) is 5.56 Å². The third-order valence-corrected chi connectivity index (χ3v) is 2.86. The quantitative estimate of drug-likeness (QED) is 0.640. The summed E-state index contributed by atoms with van der Waals surface area (Å²) in [5, 5.41) is 11.6. The number of ether oxygens (including phenoxy) is 1. The van der Waals surface area contributed by atoms with E-state index in [0.29, 0.717) is 26.0 Å². The molecule has 0 spiro atoms. The predicted molar refractivity (Wildman–Crippen MR) is 74.6 cm³/mol. The fourth-order valence-corrected chi connectivity index (χ4v) is 1.70. The summed E-state index contributed by atoms with van der Waals surface area (Å²) in [4.78, 5) is 22.5. The van der Waals surface area contributed by atoms with Crippen molar-refractivity contribution in [3.05, 3.63) is 35.4 Å². The number of rotatable bonds is 8. The first-order valence-electron chi connectivity index (χ1n) is 6.39. The van der Waals surface area contributed by atoms with E-state index < -0.39 is 12.0 Å². The van der Waals surface area contributed by atoms with Gasteiger partial charge < -0.3 is 20.9 Å². The van der Waals surface area contributed by atoms with Gasteiger partial charge in [0.25, 0.3) is 0 Å². The predicted octanol–water partition coefficient (Wildman–Crippen LogP) is 0.407. The van der Waals surface area contributed by atoms with Crippen molar-refractivity contribution in [3.8, 4) is 0 Å². The van der Waals surface area contributed by atoms with Crippen LogP contribution < -0.4 is 11.1 Å². The molecule has 0 heterocycles. The minimum absolute atomic E-state index is 0.226. The van der Waals surface area contributed by atoms with Gasteiger partial charge in [-0.3, -0.25) is 4.79 Å². The maximum absolute atomic E-state index is 11.6. The second kappa shape index (κ2) is 8.29. The lowest BCUT2D eigenvalue weighted by molar-refractivity contribution is -0.122. The molecule has 1 aromatic rings. The number of nitrogens with two attached hydrogens (primary N) is 1. The molecule has 0 radical (unpaired) electrons. The van der Waals surface area contributed by atoms with E-state index >= 15 is 0 Å². The molecule has 1 aromatic carbocycles. The number of carboxylic acid groups (broad SMARTS) is 1. The van der Waals surface area contributed by atoms with E-state index in [-0.39, 0.29) is 11.5 Å². The zero-order valence-corrected chi connectivity index (χ0v) is 11.5. The van der Waals surface area contributed by atoms with Crippen molar-refractivity contribution in [2.24, 2.45) is 5.73 Å². The van der Waals surface area contributed by atoms with Crippen LogP contribution in [0.3, 0.4) is 0 Å². The average molecular weight is 280 g/mol. The second-order valence-electron chi connectivity index (χ2n) is 4.43. The number of methoxy groups -OCH3 is 1. The number of carboxylic acids is 1. The molecular formula is C14H20N2O4.